The van der Waals surface area contributed by atoms with Gasteiger partial charge in [0.25, 0.3) is 0 Å². The summed E-state index contributed by atoms with van der Waals surface area (Å²) in [4.78, 5) is 4.70. The summed E-state index contributed by atoms with van der Waals surface area (Å²) in [6.45, 7) is 4.87. The molecular weight excluding hydrogens is 268 g/mol. The van der Waals surface area contributed by atoms with Crippen LogP contribution in [0.3, 0.4) is 0 Å². The number of thiazole rings is 1. The standard InChI is InChI=1S/C16H18N2OS/c1-3-11-12-6-4-5-7-14(12)19-15(11)13-9-20-16(18-13)10(2)8-17/h4-7,9-10H,3,8,17H2,1-2H3. The van der Waals surface area contributed by atoms with Gasteiger partial charge in [0, 0.05) is 28.8 Å². The van der Waals surface area contributed by atoms with Gasteiger partial charge in [0.1, 0.15) is 11.3 Å². The first-order valence-electron chi connectivity index (χ1n) is 6.90. The SMILES string of the molecule is CCc1c(-c2csc(C(C)CN)n2)oc2ccccc12. The molecule has 2 aromatic heterocycles. The maximum Gasteiger partial charge on any atom is 0.157 e. The minimum Gasteiger partial charge on any atom is -0.454 e. The van der Waals surface area contributed by atoms with Gasteiger partial charge in [-0.05, 0) is 12.5 Å². The van der Waals surface area contributed by atoms with E-state index in [0.717, 1.165) is 28.5 Å². The first-order chi connectivity index (χ1) is 9.74. The molecule has 2 heterocycles. The molecule has 3 aromatic rings. The van der Waals surface area contributed by atoms with Crippen LogP contribution in [-0.4, -0.2) is 11.5 Å². The molecule has 0 aliphatic carbocycles. The normalized spacial score (nSPS) is 12.9. The fraction of sp³-hybridized carbons (Fsp3) is 0.312. The lowest BCUT2D eigenvalue weighted by Gasteiger charge is -2.02. The summed E-state index contributed by atoms with van der Waals surface area (Å²) in [6, 6.07) is 8.16. The van der Waals surface area contributed by atoms with E-state index in [0.29, 0.717) is 12.5 Å². The van der Waals surface area contributed by atoms with Crippen molar-refractivity contribution in [3.63, 3.8) is 0 Å². The van der Waals surface area contributed by atoms with Crippen molar-refractivity contribution < 1.29 is 4.42 Å². The van der Waals surface area contributed by atoms with Gasteiger partial charge in [0.2, 0.25) is 0 Å². The highest BCUT2D eigenvalue weighted by Crippen LogP contribution is 2.35. The second kappa shape index (κ2) is 5.38. The van der Waals surface area contributed by atoms with E-state index >= 15 is 0 Å². The summed E-state index contributed by atoms with van der Waals surface area (Å²) in [7, 11) is 0. The van der Waals surface area contributed by atoms with E-state index < -0.39 is 0 Å². The average Bonchev–Trinajstić information content (AvgIpc) is 3.10. The van der Waals surface area contributed by atoms with Crippen molar-refractivity contribution in [3.8, 4) is 11.5 Å². The molecule has 1 aromatic carbocycles. The van der Waals surface area contributed by atoms with E-state index in [-0.39, 0.29) is 0 Å². The van der Waals surface area contributed by atoms with Gasteiger partial charge < -0.3 is 10.2 Å². The van der Waals surface area contributed by atoms with Crippen LogP contribution >= 0.6 is 11.3 Å². The zero-order valence-corrected chi connectivity index (χ0v) is 12.5. The molecule has 0 radical (unpaired) electrons. The molecule has 20 heavy (non-hydrogen) atoms. The highest BCUT2D eigenvalue weighted by Gasteiger charge is 2.18. The van der Waals surface area contributed by atoms with Gasteiger partial charge in [0.05, 0.1) is 5.01 Å². The second-order valence-corrected chi connectivity index (χ2v) is 5.86. The average molecular weight is 286 g/mol. The van der Waals surface area contributed by atoms with E-state index in [9.17, 15) is 0 Å². The van der Waals surface area contributed by atoms with Crippen LogP contribution < -0.4 is 5.73 Å². The zero-order valence-electron chi connectivity index (χ0n) is 11.7. The topological polar surface area (TPSA) is 52.0 Å². The molecule has 3 nitrogen and oxygen atoms in total. The molecule has 3 rings (SSSR count). The molecule has 0 amide bonds. The van der Waals surface area contributed by atoms with E-state index in [2.05, 4.69) is 25.3 Å². The van der Waals surface area contributed by atoms with Gasteiger partial charge in [-0.3, -0.25) is 0 Å². The molecule has 1 atom stereocenters. The van der Waals surface area contributed by atoms with E-state index in [4.69, 9.17) is 15.1 Å². The summed E-state index contributed by atoms with van der Waals surface area (Å²) in [5.74, 6) is 1.20. The maximum atomic E-state index is 6.02. The lowest BCUT2D eigenvalue weighted by Crippen LogP contribution is -2.08. The Hall–Kier alpha value is -1.65. The van der Waals surface area contributed by atoms with Crippen molar-refractivity contribution in [2.75, 3.05) is 6.54 Å². The van der Waals surface area contributed by atoms with E-state index in [1.54, 1.807) is 11.3 Å². The number of benzene rings is 1. The van der Waals surface area contributed by atoms with Crippen LogP contribution in [0, 0.1) is 0 Å². The molecule has 0 bridgehead atoms. The van der Waals surface area contributed by atoms with E-state index in [1.807, 2.05) is 18.2 Å². The Kier molecular flexibility index (Phi) is 3.59. The molecule has 0 saturated carbocycles. The third-order valence-corrected chi connectivity index (χ3v) is 4.66. The van der Waals surface area contributed by atoms with Crippen LogP contribution in [-0.2, 0) is 6.42 Å². The molecule has 104 valence electrons. The summed E-state index contributed by atoms with van der Waals surface area (Å²) in [5, 5.41) is 4.33. The molecule has 0 aliphatic rings. The smallest absolute Gasteiger partial charge is 0.157 e. The largest absolute Gasteiger partial charge is 0.454 e. The zero-order chi connectivity index (χ0) is 14.1. The second-order valence-electron chi connectivity index (χ2n) is 4.97. The minimum atomic E-state index is 0.295. The predicted octanol–water partition coefficient (Wildman–Crippen LogP) is 4.18. The summed E-state index contributed by atoms with van der Waals surface area (Å²) >= 11 is 1.66. The number of aromatic nitrogens is 1. The van der Waals surface area contributed by atoms with Crippen molar-refractivity contribution in [2.45, 2.75) is 26.2 Å². The number of hydrogen-bond donors (Lipinski definition) is 1. The lowest BCUT2D eigenvalue weighted by molar-refractivity contribution is 0.624. The van der Waals surface area contributed by atoms with Crippen molar-refractivity contribution in [3.05, 3.63) is 40.2 Å². The number of furan rings is 1. The Labute approximate surface area is 122 Å². The van der Waals surface area contributed by atoms with Crippen molar-refractivity contribution in [2.24, 2.45) is 5.73 Å². The fourth-order valence-corrected chi connectivity index (χ4v) is 3.25. The summed E-state index contributed by atoms with van der Waals surface area (Å²) in [5.41, 5.74) is 8.81. The van der Waals surface area contributed by atoms with Crippen LogP contribution in [0.1, 0.15) is 30.3 Å². The quantitative estimate of drug-likeness (QED) is 0.782. The Morgan fingerprint density at radius 1 is 1.35 bits per heavy atom. The van der Waals surface area contributed by atoms with Crippen LogP contribution in [0.5, 0.6) is 0 Å². The van der Waals surface area contributed by atoms with Crippen LogP contribution in [0.15, 0.2) is 34.1 Å². The molecule has 0 fully saturated rings. The van der Waals surface area contributed by atoms with Gasteiger partial charge in [-0.15, -0.1) is 11.3 Å². The number of rotatable bonds is 4. The highest BCUT2D eigenvalue weighted by atomic mass is 32.1. The molecule has 2 N–H and O–H groups in total. The third-order valence-electron chi connectivity index (χ3n) is 3.58. The number of fused-ring (bicyclic) bond motifs is 1. The maximum absolute atomic E-state index is 6.02. The summed E-state index contributed by atoms with van der Waals surface area (Å²) < 4.78 is 6.02. The first-order valence-corrected chi connectivity index (χ1v) is 7.78. The van der Waals surface area contributed by atoms with Gasteiger partial charge in [-0.25, -0.2) is 4.98 Å². The van der Waals surface area contributed by atoms with Crippen LogP contribution in [0.2, 0.25) is 0 Å². The Morgan fingerprint density at radius 3 is 2.90 bits per heavy atom. The van der Waals surface area contributed by atoms with Gasteiger partial charge in [-0.2, -0.15) is 0 Å². The van der Waals surface area contributed by atoms with Gasteiger partial charge in [0.15, 0.2) is 5.76 Å². The monoisotopic (exact) mass is 286 g/mol. The lowest BCUT2D eigenvalue weighted by atomic mass is 10.1. The van der Waals surface area contributed by atoms with Crippen LogP contribution in [0.4, 0.5) is 0 Å². The number of nitrogens with two attached hydrogens (primary N) is 1. The highest BCUT2D eigenvalue weighted by molar-refractivity contribution is 7.10. The molecule has 0 aliphatic heterocycles. The number of nitrogens with zero attached hydrogens (tertiary/aromatic N) is 1. The molecule has 4 heteroatoms. The van der Waals surface area contributed by atoms with Crippen molar-refractivity contribution >= 4 is 22.3 Å². The molecule has 1 unspecified atom stereocenters. The Bertz CT molecular complexity index is 729. The van der Waals surface area contributed by atoms with E-state index in [1.165, 1.54) is 10.9 Å². The van der Waals surface area contributed by atoms with Crippen molar-refractivity contribution in [1.29, 1.82) is 0 Å². The molecule has 0 saturated heterocycles. The number of aryl methyl sites for hydroxylation is 1. The predicted molar refractivity (Wildman–Crippen MR) is 84.2 cm³/mol. The van der Waals surface area contributed by atoms with Gasteiger partial charge >= 0.3 is 0 Å². The Morgan fingerprint density at radius 2 is 2.15 bits per heavy atom. The third kappa shape index (κ3) is 2.15. The van der Waals surface area contributed by atoms with Crippen LogP contribution in [0.25, 0.3) is 22.4 Å². The number of para-hydroxylation sites is 1. The fourth-order valence-electron chi connectivity index (χ4n) is 2.38. The molecule has 0 spiro atoms. The Balaban J connectivity index is 2.11. The van der Waals surface area contributed by atoms with Crippen molar-refractivity contribution in [1.82, 2.24) is 4.98 Å². The number of hydrogen-bond acceptors (Lipinski definition) is 4. The minimum absolute atomic E-state index is 0.295. The first kappa shape index (κ1) is 13.3. The van der Waals surface area contributed by atoms with Gasteiger partial charge in [-0.1, -0.05) is 32.0 Å². The summed E-state index contributed by atoms with van der Waals surface area (Å²) in [6.07, 6.45) is 0.936. The molecular formula is C16H18N2OS.